The molecule has 1 aliphatic rings. The van der Waals surface area contributed by atoms with E-state index < -0.39 is 0 Å². The summed E-state index contributed by atoms with van der Waals surface area (Å²) < 4.78 is 43.0. The van der Waals surface area contributed by atoms with Crippen molar-refractivity contribution in [2.75, 3.05) is 7.11 Å². The minimum Gasteiger partial charge on any atom is -0.358 e. The topological polar surface area (TPSA) is 109 Å². The fourth-order valence-corrected chi connectivity index (χ4v) is 2.61. The molecule has 6 nitrogen and oxygen atoms in total. The van der Waals surface area contributed by atoms with Crippen LogP contribution in [0.1, 0.15) is 59.3 Å². The van der Waals surface area contributed by atoms with Gasteiger partial charge < -0.3 is 12.2 Å². The van der Waals surface area contributed by atoms with E-state index in [1.54, 1.807) is 12.7 Å². The van der Waals surface area contributed by atoms with Gasteiger partial charge in [0.1, 0.15) is 5.76 Å². The SMILES string of the molecule is CCCC1=CC(OC)=C[C@@H](CCC)C(CCC)=C1.[C-]#[O+].[C-]#[O+].[C-]#[O+].[C-]#[O+].[C-]#[O+].[CH3-].[Cr]. The Morgan fingerprint density at radius 1 is 0.767 bits per heavy atom. The molecular weight excluding hydrogens is 424 g/mol. The minimum atomic E-state index is 0. The van der Waals surface area contributed by atoms with Crippen molar-refractivity contribution in [3.05, 3.63) is 75.8 Å². The molecule has 0 N–H and O–H groups in total. The van der Waals surface area contributed by atoms with Gasteiger partial charge in [0.05, 0.1) is 7.11 Å². The molecule has 0 aromatic heterocycles. The largest absolute Gasteiger partial charge is 0.358 e. The van der Waals surface area contributed by atoms with Crippen molar-refractivity contribution < 1.29 is 45.4 Å². The van der Waals surface area contributed by atoms with Crippen LogP contribution in [0.3, 0.4) is 0 Å². The van der Waals surface area contributed by atoms with Crippen LogP contribution in [0.2, 0.25) is 0 Å². The molecule has 0 unspecified atom stereocenters. The second-order valence-electron chi connectivity index (χ2n) is 5.11. The van der Waals surface area contributed by atoms with Crippen molar-refractivity contribution in [1.82, 2.24) is 0 Å². The van der Waals surface area contributed by atoms with Gasteiger partial charge >= 0.3 is 56.5 Å². The third-order valence-electron chi connectivity index (χ3n) is 3.45. The Hall–Kier alpha value is -1.75. The molecule has 0 heterocycles. The van der Waals surface area contributed by atoms with Gasteiger partial charge in [-0.15, -0.1) is 0 Å². The van der Waals surface area contributed by atoms with Gasteiger partial charge in [-0.2, -0.15) is 0 Å². The van der Waals surface area contributed by atoms with Gasteiger partial charge in [-0.3, -0.25) is 0 Å². The first-order chi connectivity index (χ1) is 13.7. The van der Waals surface area contributed by atoms with Gasteiger partial charge in [-0.1, -0.05) is 51.7 Å². The van der Waals surface area contributed by atoms with Crippen molar-refractivity contribution in [3.8, 4) is 0 Å². The maximum atomic E-state index is 7.50. The molecule has 0 amide bonds. The number of allylic oxidation sites excluding steroid dienone is 5. The van der Waals surface area contributed by atoms with Gasteiger partial charge in [0, 0.05) is 23.3 Å². The zero-order valence-corrected chi connectivity index (χ0v) is 19.7. The Bertz CT molecular complexity index is 501. The second kappa shape index (κ2) is 45.8. The summed E-state index contributed by atoms with van der Waals surface area (Å²) in [7, 11) is 1.78. The molecule has 7 heteroatoms. The third-order valence-corrected chi connectivity index (χ3v) is 3.45. The molecule has 30 heavy (non-hydrogen) atoms. The zero-order chi connectivity index (χ0) is 23.4. The number of ether oxygens (including phenoxy) is 1. The molecule has 0 spiro atoms. The Balaban J connectivity index is -0.0000000772. The summed E-state index contributed by atoms with van der Waals surface area (Å²) in [4.78, 5) is 0. The first-order valence-corrected chi connectivity index (χ1v) is 8.44. The Kier molecular flexibility index (Phi) is 70.9. The van der Waals surface area contributed by atoms with Crippen LogP contribution in [0.4, 0.5) is 0 Å². The fraction of sp³-hybridized carbons (Fsp3) is 0.478. The van der Waals surface area contributed by atoms with Crippen LogP contribution in [0, 0.1) is 46.6 Å². The third kappa shape index (κ3) is 26.3. The van der Waals surface area contributed by atoms with Crippen LogP contribution in [0.5, 0.6) is 0 Å². The summed E-state index contributed by atoms with van der Waals surface area (Å²) in [5, 5.41) is 0. The second-order valence-corrected chi connectivity index (χ2v) is 5.11. The number of methoxy groups -OCH3 is 1. The van der Waals surface area contributed by atoms with Crippen LogP contribution in [0.25, 0.3) is 0 Å². The summed E-state index contributed by atoms with van der Waals surface area (Å²) in [5.74, 6) is 1.61. The molecule has 1 rings (SSSR count). The zero-order valence-electron chi connectivity index (χ0n) is 18.4. The monoisotopic (exact) mass is 455 g/mol. The van der Waals surface area contributed by atoms with Crippen LogP contribution < -0.4 is 0 Å². The quantitative estimate of drug-likeness (QED) is 0.358. The van der Waals surface area contributed by atoms with Gasteiger partial charge in [0.2, 0.25) is 0 Å². The predicted molar refractivity (Wildman–Crippen MR) is 106 cm³/mol. The van der Waals surface area contributed by atoms with E-state index in [1.807, 2.05) is 0 Å². The van der Waals surface area contributed by atoms with E-state index in [4.69, 9.17) is 28.0 Å². The van der Waals surface area contributed by atoms with E-state index in [0.29, 0.717) is 5.92 Å². The summed E-state index contributed by atoms with van der Waals surface area (Å²) in [6.07, 6.45) is 14.2. The van der Waals surface area contributed by atoms with E-state index in [0.717, 1.165) is 12.2 Å². The molecule has 0 aromatic rings. The first kappa shape index (κ1) is 46.5. The number of hydrogen-bond donors (Lipinski definition) is 0. The van der Waals surface area contributed by atoms with Crippen molar-refractivity contribution in [3.63, 3.8) is 0 Å². The minimum absolute atomic E-state index is 0. The predicted octanol–water partition coefficient (Wildman–Crippen LogP) is 5.66. The molecule has 166 valence electrons. The molecule has 1 atom stereocenters. The van der Waals surface area contributed by atoms with Crippen molar-refractivity contribution >= 4 is 0 Å². The molecular formula is C23H31CrO6-. The summed E-state index contributed by atoms with van der Waals surface area (Å²) in [6.45, 7) is 29.3. The Labute approximate surface area is 193 Å². The smallest absolute Gasteiger partial charge is 0 e. The summed E-state index contributed by atoms with van der Waals surface area (Å²) in [6, 6.07) is 0. The molecule has 0 fully saturated rings. The molecule has 0 saturated heterocycles. The van der Waals surface area contributed by atoms with Gasteiger partial charge in [-0.05, 0) is 37.0 Å². The Morgan fingerprint density at radius 2 is 1.20 bits per heavy atom. The van der Waals surface area contributed by atoms with Crippen molar-refractivity contribution in [2.24, 2.45) is 5.92 Å². The van der Waals surface area contributed by atoms with Gasteiger partial charge in [0.25, 0.3) is 0 Å². The van der Waals surface area contributed by atoms with Crippen LogP contribution >= 0.6 is 0 Å². The van der Waals surface area contributed by atoms with Crippen LogP contribution in [0.15, 0.2) is 35.1 Å². The molecule has 0 aliphatic heterocycles. The summed E-state index contributed by atoms with van der Waals surface area (Å²) in [5.41, 5.74) is 3.01. The van der Waals surface area contributed by atoms with Gasteiger partial charge in [0.15, 0.2) is 0 Å². The van der Waals surface area contributed by atoms with Crippen LogP contribution in [-0.4, -0.2) is 7.11 Å². The average Bonchev–Trinajstić information content (AvgIpc) is 2.95. The average molecular weight is 455 g/mol. The normalized spacial score (nSPS) is 12.2. The summed E-state index contributed by atoms with van der Waals surface area (Å²) >= 11 is 0. The van der Waals surface area contributed by atoms with E-state index >= 15 is 0 Å². The van der Waals surface area contributed by atoms with E-state index in [2.05, 4.69) is 72.3 Å². The molecule has 0 radical (unpaired) electrons. The maximum Gasteiger partial charge on any atom is 0 e. The molecule has 0 bridgehead atoms. The van der Waals surface area contributed by atoms with Crippen molar-refractivity contribution in [2.45, 2.75) is 59.3 Å². The maximum absolute atomic E-state index is 7.50. The van der Waals surface area contributed by atoms with Crippen LogP contribution in [-0.2, 0) is 45.4 Å². The Morgan fingerprint density at radius 3 is 1.53 bits per heavy atom. The van der Waals surface area contributed by atoms with E-state index in [1.165, 1.54) is 37.7 Å². The first-order valence-electron chi connectivity index (χ1n) is 8.44. The molecule has 0 saturated carbocycles. The molecule has 1 aliphatic carbocycles. The standard InChI is InChI=1S/C17H28O.5CO.CH3.Cr/c1-5-8-14-11-15(9-6-2)16(10-7-3)13-17(12-14)18-4;5*1-2;;/h11-13,16H,5-10H2,1-4H3;;;;;;1H3;/q;;;;;;-1;/t16-;;;;;;;/m1......./s1. The van der Waals surface area contributed by atoms with Gasteiger partial charge in [-0.25, -0.2) is 0 Å². The van der Waals surface area contributed by atoms with Crippen molar-refractivity contribution in [1.29, 1.82) is 0 Å². The van der Waals surface area contributed by atoms with E-state index in [-0.39, 0.29) is 24.8 Å². The molecule has 0 aromatic carbocycles. The number of hydrogen-bond acceptors (Lipinski definition) is 1. The number of rotatable bonds is 7. The fourth-order valence-electron chi connectivity index (χ4n) is 2.61. The van der Waals surface area contributed by atoms with E-state index in [9.17, 15) is 0 Å².